The second-order valence-electron chi connectivity index (χ2n) is 5.67. The Morgan fingerprint density at radius 2 is 1.59 bits per heavy atom. The highest BCUT2D eigenvalue weighted by molar-refractivity contribution is 5.37. The van der Waals surface area contributed by atoms with Crippen molar-refractivity contribution in [1.29, 1.82) is 0 Å². The molecule has 0 saturated heterocycles. The van der Waals surface area contributed by atoms with Crippen LogP contribution in [0.1, 0.15) is 29.7 Å². The quantitative estimate of drug-likeness (QED) is 0.807. The van der Waals surface area contributed by atoms with Crippen molar-refractivity contribution in [2.45, 2.75) is 26.4 Å². The van der Waals surface area contributed by atoms with Crippen LogP contribution < -0.4 is 0 Å². The van der Waals surface area contributed by atoms with E-state index in [4.69, 9.17) is 0 Å². The van der Waals surface area contributed by atoms with E-state index in [0.29, 0.717) is 11.6 Å². The lowest BCUT2D eigenvalue weighted by Gasteiger charge is -2.23. The zero-order valence-corrected chi connectivity index (χ0v) is 13.0. The molecule has 0 amide bonds. The van der Waals surface area contributed by atoms with Crippen LogP contribution in [0, 0.1) is 13.8 Å². The van der Waals surface area contributed by atoms with Crippen LogP contribution in [0.2, 0.25) is 0 Å². The third kappa shape index (κ3) is 2.53. The second kappa shape index (κ2) is 5.39. The molecule has 0 aliphatic heterocycles. The van der Waals surface area contributed by atoms with Gasteiger partial charge in [0, 0.05) is 0 Å². The predicted octanol–water partition coefficient (Wildman–Crippen LogP) is 3.14. The fraction of sp³-hybridized carbons (Fsp3) is 0.222. The topological polar surface area (TPSA) is 50.9 Å². The van der Waals surface area contributed by atoms with E-state index in [2.05, 4.69) is 10.1 Å². The normalized spacial score (nSPS) is 13.8. The van der Waals surface area contributed by atoms with Gasteiger partial charge in [0.2, 0.25) is 0 Å². The lowest BCUT2D eigenvalue weighted by atomic mass is 9.95. The van der Waals surface area contributed by atoms with E-state index < -0.39 is 5.60 Å². The fourth-order valence-electron chi connectivity index (χ4n) is 2.49. The summed E-state index contributed by atoms with van der Waals surface area (Å²) < 4.78 is 1.71. The molecular formula is C18H19N3O. The number of aromatic nitrogens is 3. The Morgan fingerprint density at radius 1 is 0.955 bits per heavy atom. The molecule has 0 radical (unpaired) electrons. The molecule has 3 rings (SSSR count). The van der Waals surface area contributed by atoms with Gasteiger partial charge in [-0.25, -0.2) is 9.67 Å². The number of aliphatic hydroxyl groups is 1. The lowest BCUT2D eigenvalue weighted by molar-refractivity contribution is 0.0897. The molecule has 0 unspecified atom stereocenters. The Balaban J connectivity index is 2.14. The summed E-state index contributed by atoms with van der Waals surface area (Å²) in [6.45, 7) is 5.61. The molecule has 112 valence electrons. The molecular weight excluding hydrogens is 274 g/mol. The van der Waals surface area contributed by atoms with Gasteiger partial charge in [0.25, 0.3) is 0 Å². The SMILES string of the molecule is Cc1ccc(-n2nc(C)nc2[C@@](C)(O)c2ccccc2)cc1. The third-order valence-electron chi connectivity index (χ3n) is 3.76. The number of hydrogen-bond donors (Lipinski definition) is 1. The first-order valence-electron chi connectivity index (χ1n) is 7.27. The van der Waals surface area contributed by atoms with Crippen molar-refractivity contribution in [2.75, 3.05) is 0 Å². The van der Waals surface area contributed by atoms with Crippen LogP contribution in [0.5, 0.6) is 0 Å². The predicted molar refractivity (Wildman–Crippen MR) is 85.9 cm³/mol. The standard InChI is InChI=1S/C18H19N3O/c1-13-9-11-16(12-10-13)21-17(19-14(2)20-21)18(3,22)15-7-5-4-6-8-15/h4-12,22H,1-3H3/t18-/m0/s1. The van der Waals surface area contributed by atoms with Crippen molar-refractivity contribution in [3.63, 3.8) is 0 Å². The minimum absolute atomic E-state index is 0.514. The molecule has 0 bridgehead atoms. The summed E-state index contributed by atoms with van der Waals surface area (Å²) in [6, 6.07) is 17.5. The molecule has 0 aliphatic carbocycles. The van der Waals surface area contributed by atoms with Gasteiger partial charge in [-0.2, -0.15) is 5.10 Å². The molecule has 0 spiro atoms. The Bertz CT molecular complexity index is 774. The molecule has 0 aliphatic rings. The molecule has 1 atom stereocenters. The van der Waals surface area contributed by atoms with Crippen molar-refractivity contribution < 1.29 is 5.11 Å². The van der Waals surface area contributed by atoms with Crippen LogP contribution in [0.15, 0.2) is 54.6 Å². The molecule has 0 saturated carbocycles. The summed E-state index contributed by atoms with van der Waals surface area (Å²) in [5, 5.41) is 15.5. The summed E-state index contributed by atoms with van der Waals surface area (Å²) in [5.41, 5.74) is 1.64. The maximum absolute atomic E-state index is 11.0. The van der Waals surface area contributed by atoms with Gasteiger partial charge >= 0.3 is 0 Å². The number of rotatable bonds is 3. The number of benzene rings is 2. The van der Waals surface area contributed by atoms with E-state index in [-0.39, 0.29) is 0 Å². The maximum atomic E-state index is 11.0. The molecule has 4 nitrogen and oxygen atoms in total. The zero-order valence-electron chi connectivity index (χ0n) is 13.0. The van der Waals surface area contributed by atoms with Crippen LogP contribution >= 0.6 is 0 Å². The number of hydrogen-bond acceptors (Lipinski definition) is 3. The Hall–Kier alpha value is -2.46. The highest BCUT2D eigenvalue weighted by Gasteiger charge is 2.32. The maximum Gasteiger partial charge on any atom is 0.168 e. The average Bonchev–Trinajstić information content (AvgIpc) is 2.92. The molecule has 22 heavy (non-hydrogen) atoms. The van der Waals surface area contributed by atoms with Crippen molar-refractivity contribution >= 4 is 0 Å². The van der Waals surface area contributed by atoms with Gasteiger partial charge < -0.3 is 5.11 Å². The zero-order chi connectivity index (χ0) is 15.7. The first-order chi connectivity index (χ1) is 10.5. The van der Waals surface area contributed by atoms with Crippen LogP contribution in [-0.4, -0.2) is 19.9 Å². The van der Waals surface area contributed by atoms with E-state index in [9.17, 15) is 5.11 Å². The van der Waals surface area contributed by atoms with Crippen LogP contribution in [0.25, 0.3) is 5.69 Å². The summed E-state index contributed by atoms with van der Waals surface area (Å²) >= 11 is 0. The van der Waals surface area contributed by atoms with Crippen LogP contribution in [0.4, 0.5) is 0 Å². The number of aryl methyl sites for hydroxylation is 2. The highest BCUT2D eigenvalue weighted by atomic mass is 16.3. The van der Waals surface area contributed by atoms with Crippen molar-refractivity contribution in [3.8, 4) is 5.69 Å². The van der Waals surface area contributed by atoms with Gasteiger partial charge in [-0.3, -0.25) is 0 Å². The minimum Gasteiger partial charge on any atom is -0.377 e. The highest BCUT2D eigenvalue weighted by Crippen LogP contribution is 2.29. The van der Waals surface area contributed by atoms with Gasteiger partial charge in [0.15, 0.2) is 5.82 Å². The molecule has 0 fully saturated rings. The average molecular weight is 293 g/mol. The van der Waals surface area contributed by atoms with E-state index >= 15 is 0 Å². The monoisotopic (exact) mass is 293 g/mol. The first kappa shape index (κ1) is 14.5. The molecule has 1 heterocycles. The largest absolute Gasteiger partial charge is 0.377 e. The van der Waals surface area contributed by atoms with Crippen molar-refractivity contribution in [3.05, 3.63) is 77.4 Å². The lowest BCUT2D eigenvalue weighted by Crippen LogP contribution is -2.27. The Kier molecular flexibility index (Phi) is 3.54. The Labute approximate surface area is 130 Å². The van der Waals surface area contributed by atoms with Crippen LogP contribution in [0.3, 0.4) is 0 Å². The summed E-state index contributed by atoms with van der Waals surface area (Å²) in [4.78, 5) is 4.46. The summed E-state index contributed by atoms with van der Waals surface area (Å²) in [6.07, 6.45) is 0. The fourth-order valence-corrected chi connectivity index (χ4v) is 2.49. The molecule has 4 heteroatoms. The van der Waals surface area contributed by atoms with E-state index in [0.717, 1.165) is 11.3 Å². The third-order valence-corrected chi connectivity index (χ3v) is 3.76. The summed E-state index contributed by atoms with van der Waals surface area (Å²) in [7, 11) is 0. The first-order valence-corrected chi connectivity index (χ1v) is 7.27. The summed E-state index contributed by atoms with van der Waals surface area (Å²) in [5.74, 6) is 1.15. The minimum atomic E-state index is -1.21. The Morgan fingerprint density at radius 3 is 2.23 bits per heavy atom. The van der Waals surface area contributed by atoms with Gasteiger partial charge in [0.1, 0.15) is 11.4 Å². The molecule has 1 N–H and O–H groups in total. The van der Waals surface area contributed by atoms with E-state index in [1.54, 1.807) is 11.6 Å². The van der Waals surface area contributed by atoms with Gasteiger partial charge in [-0.1, -0.05) is 48.0 Å². The molecule has 2 aromatic carbocycles. The second-order valence-corrected chi connectivity index (χ2v) is 5.67. The molecule has 3 aromatic rings. The van der Waals surface area contributed by atoms with E-state index in [1.165, 1.54) is 5.56 Å². The van der Waals surface area contributed by atoms with Gasteiger partial charge in [-0.05, 0) is 38.5 Å². The van der Waals surface area contributed by atoms with Crippen LogP contribution in [-0.2, 0) is 5.60 Å². The van der Waals surface area contributed by atoms with Gasteiger partial charge in [0.05, 0.1) is 5.69 Å². The van der Waals surface area contributed by atoms with Gasteiger partial charge in [-0.15, -0.1) is 0 Å². The van der Waals surface area contributed by atoms with Crippen molar-refractivity contribution in [1.82, 2.24) is 14.8 Å². The molecule has 1 aromatic heterocycles. The smallest absolute Gasteiger partial charge is 0.168 e. The van der Waals surface area contributed by atoms with Crippen molar-refractivity contribution in [2.24, 2.45) is 0 Å². The van der Waals surface area contributed by atoms with E-state index in [1.807, 2.05) is 68.4 Å². The number of nitrogens with zero attached hydrogens (tertiary/aromatic N) is 3.